The van der Waals surface area contributed by atoms with E-state index in [1.165, 1.54) is 38.5 Å². The highest BCUT2D eigenvalue weighted by atomic mass is 31.2. The summed E-state index contributed by atoms with van der Waals surface area (Å²) in [4.78, 5) is 30.4. The summed E-state index contributed by atoms with van der Waals surface area (Å²) in [6.07, 6.45) is 11.0. The van der Waals surface area contributed by atoms with Gasteiger partial charge in [0.1, 0.15) is 6.26 Å². The highest BCUT2D eigenvalue weighted by molar-refractivity contribution is 7.45. The predicted molar refractivity (Wildman–Crippen MR) is 77.4 cm³/mol. The van der Waals surface area contributed by atoms with E-state index in [4.69, 9.17) is 19.2 Å². The molecule has 0 heterocycles. The second-order valence-corrected chi connectivity index (χ2v) is 5.30. The SMILES string of the molecule is C=COOOOOCCCCCCCCCC.O=P(O)(O)O. The number of hydrogen-bond donors (Lipinski definition) is 3. The van der Waals surface area contributed by atoms with Crippen LogP contribution in [0.15, 0.2) is 12.8 Å². The maximum atomic E-state index is 8.88. The Morgan fingerprint density at radius 1 is 0.909 bits per heavy atom. The van der Waals surface area contributed by atoms with Crippen LogP contribution in [-0.4, -0.2) is 21.3 Å². The molecular formula is C12H27O9P. The highest BCUT2D eigenvalue weighted by Gasteiger charge is 2.00. The van der Waals surface area contributed by atoms with Gasteiger partial charge in [0, 0.05) is 10.1 Å². The minimum Gasteiger partial charge on any atom is -0.315 e. The molecule has 0 fully saturated rings. The molecule has 0 aliphatic rings. The lowest BCUT2D eigenvalue weighted by molar-refractivity contribution is -0.700. The highest BCUT2D eigenvalue weighted by Crippen LogP contribution is 2.25. The molecular weight excluding hydrogens is 319 g/mol. The summed E-state index contributed by atoms with van der Waals surface area (Å²) in [5.74, 6) is 0. The van der Waals surface area contributed by atoms with Gasteiger partial charge in [-0.2, -0.15) is 0 Å². The molecule has 0 radical (unpaired) electrons. The van der Waals surface area contributed by atoms with Crippen molar-refractivity contribution in [3.05, 3.63) is 12.8 Å². The van der Waals surface area contributed by atoms with E-state index in [2.05, 4.69) is 38.4 Å². The molecule has 0 aromatic heterocycles. The molecule has 0 rings (SSSR count). The number of rotatable bonds is 14. The summed E-state index contributed by atoms with van der Waals surface area (Å²) in [6, 6.07) is 0. The van der Waals surface area contributed by atoms with E-state index < -0.39 is 7.82 Å². The molecule has 0 saturated carbocycles. The van der Waals surface area contributed by atoms with Gasteiger partial charge in [0.15, 0.2) is 0 Å². The second kappa shape index (κ2) is 18.5. The van der Waals surface area contributed by atoms with E-state index in [9.17, 15) is 0 Å². The first-order valence-corrected chi connectivity index (χ1v) is 8.65. The van der Waals surface area contributed by atoms with Crippen molar-refractivity contribution in [2.45, 2.75) is 58.3 Å². The Labute approximate surface area is 130 Å². The number of hydrogen-bond acceptors (Lipinski definition) is 6. The third kappa shape index (κ3) is 36.6. The lowest BCUT2D eigenvalue weighted by atomic mass is 10.1. The summed E-state index contributed by atoms with van der Waals surface area (Å²) >= 11 is 0. The third-order valence-electron chi connectivity index (χ3n) is 2.29. The van der Waals surface area contributed by atoms with E-state index in [0.717, 1.165) is 19.1 Å². The van der Waals surface area contributed by atoms with Crippen molar-refractivity contribution >= 4 is 7.82 Å². The van der Waals surface area contributed by atoms with E-state index in [-0.39, 0.29) is 0 Å². The second-order valence-electron chi connectivity index (χ2n) is 4.28. The van der Waals surface area contributed by atoms with Gasteiger partial charge in [0.05, 0.1) is 6.61 Å². The molecule has 0 aliphatic carbocycles. The first-order valence-electron chi connectivity index (χ1n) is 7.09. The molecule has 0 atom stereocenters. The molecule has 134 valence electrons. The first kappa shape index (κ1) is 23.8. The molecule has 0 aromatic rings. The standard InChI is InChI=1S/C12H24O5.H3O4P/c1-3-5-6-7-8-9-10-11-12-14-16-17-15-13-4-2;1-5(2,3)4/h4H,2-3,5-12H2,1H3;(H3,1,2,3,4). The Bertz CT molecular complexity index is 261. The van der Waals surface area contributed by atoms with E-state index in [1.807, 2.05) is 0 Å². The molecule has 0 unspecified atom stereocenters. The van der Waals surface area contributed by atoms with Gasteiger partial charge in [0.2, 0.25) is 0 Å². The molecule has 0 saturated heterocycles. The van der Waals surface area contributed by atoms with Crippen molar-refractivity contribution < 1.29 is 44.1 Å². The molecule has 0 amide bonds. The Hall–Kier alpha value is -0.510. The van der Waals surface area contributed by atoms with Gasteiger partial charge in [-0.3, -0.25) is 0 Å². The monoisotopic (exact) mass is 346 g/mol. The molecule has 0 aliphatic heterocycles. The fourth-order valence-corrected chi connectivity index (χ4v) is 1.40. The topological polar surface area (TPSA) is 124 Å². The average molecular weight is 346 g/mol. The van der Waals surface area contributed by atoms with Crippen molar-refractivity contribution in [2.75, 3.05) is 6.61 Å². The van der Waals surface area contributed by atoms with E-state index >= 15 is 0 Å². The number of phosphoric acid groups is 1. The van der Waals surface area contributed by atoms with Gasteiger partial charge in [-0.25, -0.2) is 9.45 Å². The average Bonchev–Trinajstić information content (AvgIpc) is 2.42. The van der Waals surface area contributed by atoms with Crippen molar-refractivity contribution in [3.63, 3.8) is 0 Å². The van der Waals surface area contributed by atoms with Crippen LogP contribution in [0.25, 0.3) is 0 Å². The van der Waals surface area contributed by atoms with Crippen LogP contribution in [0, 0.1) is 0 Å². The Kier molecular flexibility index (Phi) is 20.0. The Morgan fingerprint density at radius 2 is 1.41 bits per heavy atom. The predicted octanol–water partition coefficient (Wildman–Crippen LogP) is 3.09. The quantitative estimate of drug-likeness (QED) is 0.143. The van der Waals surface area contributed by atoms with Crippen LogP contribution in [0.2, 0.25) is 0 Å². The van der Waals surface area contributed by atoms with Gasteiger partial charge in [-0.15, -0.1) is 0 Å². The maximum Gasteiger partial charge on any atom is 0.466 e. The van der Waals surface area contributed by atoms with Crippen molar-refractivity contribution in [1.29, 1.82) is 0 Å². The summed E-state index contributed by atoms with van der Waals surface area (Å²) in [5, 5.41) is 12.2. The summed E-state index contributed by atoms with van der Waals surface area (Å²) in [5.41, 5.74) is 0. The van der Waals surface area contributed by atoms with E-state index in [1.54, 1.807) is 0 Å². The first-order chi connectivity index (χ1) is 10.4. The van der Waals surface area contributed by atoms with Crippen LogP contribution in [0.5, 0.6) is 0 Å². The van der Waals surface area contributed by atoms with Crippen LogP contribution in [-0.2, 0) is 29.5 Å². The van der Waals surface area contributed by atoms with Gasteiger partial charge in [0.25, 0.3) is 0 Å². The van der Waals surface area contributed by atoms with Crippen molar-refractivity contribution in [3.8, 4) is 0 Å². The Balaban J connectivity index is 0. The smallest absolute Gasteiger partial charge is 0.315 e. The zero-order valence-electron chi connectivity index (χ0n) is 12.9. The fourth-order valence-electron chi connectivity index (χ4n) is 1.40. The minimum absolute atomic E-state index is 0.479. The molecule has 9 nitrogen and oxygen atoms in total. The molecule has 0 bridgehead atoms. The van der Waals surface area contributed by atoms with Gasteiger partial charge < -0.3 is 19.6 Å². The molecule has 3 N–H and O–H groups in total. The molecule has 22 heavy (non-hydrogen) atoms. The molecule has 0 spiro atoms. The third-order valence-corrected chi connectivity index (χ3v) is 2.29. The molecule has 10 heteroatoms. The normalized spacial score (nSPS) is 10.7. The van der Waals surface area contributed by atoms with Crippen LogP contribution in [0.3, 0.4) is 0 Å². The minimum atomic E-state index is -4.64. The lowest BCUT2D eigenvalue weighted by Crippen LogP contribution is -1.99. The zero-order chi connectivity index (χ0) is 17.1. The summed E-state index contributed by atoms with van der Waals surface area (Å²) in [7, 11) is -4.64. The Morgan fingerprint density at radius 3 is 1.91 bits per heavy atom. The van der Waals surface area contributed by atoms with Gasteiger partial charge in [-0.05, 0) is 11.5 Å². The van der Waals surface area contributed by atoms with Crippen LogP contribution < -0.4 is 0 Å². The van der Waals surface area contributed by atoms with Crippen molar-refractivity contribution in [1.82, 2.24) is 0 Å². The van der Waals surface area contributed by atoms with Crippen LogP contribution in [0.1, 0.15) is 58.3 Å². The van der Waals surface area contributed by atoms with Gasteiger partial charge >= 0.3 is 7.82 Å². The largest absolute Gasteiger partial charge is 0.466 e. The molecule has 0 aromatic carbocycles. The maximum absolute atomic E-state index is 8.88. The summed E-state index contributed by atoms with van der Waals surface area (Å²) < 4.78 is 8.88. The summed E-state index contributed by atoms with van der Waals surface area (Å²) in [6.45, 7) is 5.94. The van der Waals surface area contributed by atoms with Crippen LogP contribution >= 0.6 is 7.82 Å². The van der Waals surface area contributed by atoms with Crippen molar-refractivity contribution in [2.24, 2.45) is 0 Å². The fraction of sp³-hybridized carbons (Fsp3) is 0.833. The zero-order valence-corrected chi connectivity index (χ0v) is 13.8. The lowest BCUT2D eigenvalue weighted by Gasteiger charge is -2.01. The van der Waals surface area contributed by atoms with E-state index in [0.29, 0.717) is 6.61 Å². The van der Waals surface area contributed by atoms with Gasteiger partial charge in [-0.1, -0.05) is 58.4 Å². The van der Waals surface area contributed by atoms with Crippen LogP contribution in [0.4, 0.5) is 0 Å². The number of unbranched alkanes of at least 4 members (excludes halogenated alkanes) is 7.